The van der Waals surface area contributed by atoms with Gasteiger partial charge in [-0.3, -0.25) is 14.2 Å². The summed E-state index contributed by atoms with van der Waals surface area (Å²) in [7, 11) is 0. The Morgan fingerprint density at radius 1 is 1.03 bits per heavy atom. The maximum atomic E-state index is 13.6. The predicted octanol–water partition coefficient (Wildman–Crippen LogP) is 3.60. The summed E-state index contributed by atoms with van der Waals surface area (Å²) in [5.41, 5.74) is 2.28. The monoisotopic (exact) mass is 475 g/mol. The minimum Gasteiger partial charge on any atom is -0.352 e. The van der Waals surface area contributed by atoms with Crippen LogP contribution in [-0.2, 0) is 13.1 Å². The maximum Gasteiger partial charge on any atom is 0.352 e. The van der Waals surface area contributed by atoms with Gasteiger partial charge in [-0.25, -0.2) is 13.9 Å². The van der Waals surface area contributed by atoms with Gasteiger partial charge < -0.3 is 5.32 Å². The molecule has 4 rings (SSSR count). The Morgan fingerprint density at radius 3 is 2.46 bits per heavy atom. The van der Waals surface area contributed by atoms with Gasteiger partial charge in [-0.05, 0) is 54.5 Å². The molecular weight excluding hydrogens is 442 g/mol. The van der Waals surface area contributed by atoms with E-state index in [9.17, 15) is 14.4 Å². The number of hydrogen-bond donors (Lipinski definition) is 1. The van der Waals surface area contributed by atoms with Crippen molar-refractivity contribution >= 4 is 22.6 Å². The van der Waals surface area contributed by atoms with Crippen LogP contribution >= 0.6 is 0 Å². The molecule has 8 nitrogen and oxygen atoms in total. The van der Waals surface area contributed by atoms with Gasteiger partial charge in [-0.15, -0.1) is 5.10 Å². The van der Waals surface area contributed by atoms with Crippen LogP contribution in [0, 0.1) is 18.8 Å². The third kappa shape index (κ3) is 4.92. The second kappa shape index (κ2) is 9.90. The minimum atomic E-state index is -0.341. The molecule has 1 amide bonds. The molecule has 0 bridgehead atoms. The van der Waals surface area contributed by atoms with E-state index in [0.29, 0.717) is 53.7 Å². The number of nitrogens with one attached hydrogen (secondary N) is 1. The van der Waals surface area contributed by atoms with Gasteiger partial charge in [-0.2, -0.15) is 0 Å². The lowest BCUT2D eigenvalue weighted by molar-refractivity contribution is 0.0949. The number of aromatic nitrogens is 4. The predicted molar refractivity (Wildman–Crippen MR) is 138 cm³/mol. The highest BCUT2D eigenvalue weighted by molar-refractivity contribution is 5.98. The van der Waals surface area contributed by atoms with Gasteiger partial charge in [-0.1, -0.05) is 52.0 Å². The van der Waals surface area contributed by atoms with Gasteiger partial charge in [0.1, 0.15) is 0 Å². The number of benzene rings is 2. The first-order valence-electron chi connectivity index (χ1n) is 12.2. The second-order valence-electron chi connectivity index (χ2n) is 9.98. The molecule has 0 aliphatic carbocycles. The Bertz CT molecular complexity index is 1510. The van der Waals surface area contributed by atoms with Crippen LogP contribution in [0.25, 0.3) is 16.7 Å². The van der Waals surface area contributed by atoms with Gasteiger partial charge in [0.25, 0.3) is 11.5 Å². The normalized spacial score (nSPS) is 11.7. The topological polar surface area (TPSA) is 90.4 Å². The van der Waals surface area contributed by atoms with Gasteiger partial charge in [0.15, 0.2) is 0 Å². The fourth-order valence-corrected chi connectivity index (χ4v) is 4.10. The molecule has 0 saturated heterocycles. The molecule has 0 aliphatic rings. The molecule has 0 unspecified atom stereocenters. The molecule has 0 atom stereocenters. The molecule has 8 heteroatoms. The first-order chi connectivity index (χ1) is 16.7. The van der Waals surface area contributed by atoms with Crippen LogP contribution in [0.1, 0.15) is 55.6 Å². The lowest BCUT2D eigenvalue weighted by Crippen LogP contribution is -2.29. The summed E-state index contributed by atoms with van der Waals surface area (Å²) >= 11 is 0. The molecule has 0 radical (unpaired) electrons. The first-order valence-corrected chi connectivity index (χ1v) is 12.2. The van der Waals surface area contributed by atoms with Crippen molar-refractivity contribution in [1.82, 2.24) is 24.1 Å². The highest BCUT2D eigenvalue weighted by atomic mass is 16.2. The van der Waals surface area contributed by atoms with Crippen LogP contribution in [-0.4, -0.2) is 31.2 Å². The minimum absolute atomic E-state index is 0.213. The summed E-state index contributed by atoms with van der Waals surface area (Å²) < 4.78 is 4.44. The first kappa shape index (κ1) is 24.4. The van der Waals surface area contributed by atoms with Crippen LogP contribution in [0.5, 0.6) is 0 Å². The van der Waals surface area contributed by atoms with E-state index in [0.717, 1.165) is 17.5 Å². The van der Waals surface area contributed by atoms with Crippen molar-refractivity contribution in [2.75, 3.05) is 6.54 Å². The lowest BCUT2D eigenvalue weighted by Gasteiger charge is -2.12. The maximum absolute atomic E-state index is 13.6. The third-order valence-corrected chi connectivity index (χ3v) is 6.22. The molecule has 0 aliphatic heterocycles. The summed E-state index contributed by atoms with van der Waals surface area (Å²) in [4.78, 5) is 39.8. The Morgan fingerprint density at radius 2 is 1.77 bits per heavy atom. The Labute approximate surface area is 204 Å². The summed E-state index contributed by atoms with van der Waals surface area (Å²) in [5, 5.41) is 7.89. The largest absolute Gasteiger partial charge is 0.352 e. The molecule has 2 aromatic heterocycles. The fraction of sp³-hybridized carbons (Fsp3) is 0.407. The van der Waals surface area contributed by atoms with Crippen molar-refractivity contribution in [3.05, 3.63) is 80.0 Å². The number of fused-ring (bicyclic) bond motifs is 3. The Kier molecular flexibility index (Phi) is 6.91. The molecule has 2 heterocycles. The van der Waals surface area contributed by atoms with E-state index in [1.807, 2.05) is 45.0 Å². The molecule has 2 aromatic carbocycles. The smallest absolute Gasteiger partial charge is 0.352 e. The quantitative estimate of drug-likeness (QED) is 0.422. The average Bonchev–Trinajstić information content (AvgIpc) is 3.14. The number of carbonyl (C=O) groups is 1. The highest BCUT2D eigenvalue weighted by Gasteiger charge is 2.19. The Balaban J connectivity index is 1.93. The molecule has 0 fully saturated rings. The molecule has 4 aromatic rings. The number of amides is 1. The number of rotatable bonds is 8. The third-order valence-electron chi connectivity index (χ3n) is 6.22. The van der Waals surface area contributed by atoms with Crippen molar-refractivity contribution < 1.29 is 4.79 Å². The van der Waals surface area contributed by atoms with Gasteiger partial charge in [0, 0.05) is 18.7 Å². The molecule has 184 valence electrons. The molecule has 35 heavy (non-hydrogen) atoms. The van der Waals surface area contributed by atoms with Crippen molar-refractivity contribution in [1.29, 1.82) is 0 Å². The van der Waals surface area contributed by atoms with E-state index in [-0.39, 0.29) is 17.2 Å². The molecular formula is C27H33N5O3. The van der Waals surface area contributed by atoms with E-state index >= 15 is 0 Å². The van der Waals surface area contributed by atoms with Crippen molar-refractivity contribution in [3.8, 4) is 0 Å². The van der Waals surface area contributed by atoms with Crippen LogP contribution in [0.4, 0.5) is 0 Å². The van der Waals surface area contributed by atoms with Crippen molar-refractivity contribution in [2.45, 2.75) is 54.1 Å². The van der Waals surface area contributed by atoms with Crippen LogP contribution in [0.15, 0.2) is 52.1 Å². The summed E-state index contributed by atoms with van der Waals surface area (Å²) in [6.45, 7) is 11.5. The van der Waals surface area contributed by atoms with E-state index in [1.165, 1.54) is 9.08 Å². The molecule has 0 spiro atoms. The fourth-order valence-electron chi connectivity index (χ4n) is 4.10. The molecule has 0 saturated carbocycles. The lowest BCUT2D eigenvalue weighted by atomic mass is 10.1. The standard InChI is InChI=1S/C27H33N5O3/c1-17(2)12-13-30-25(34)22-11-10-20(24(33)28-15-18(3)4)14-23(22)32-26(30)29-31(27(32)35)16-21-9-7-6-8-19(21)5/h6-11,14,17-18H,12-13,15-16H2,1-5H3,(H,28,33). The van der Waals surface area contributed by atoms with E-state index in [4.69, 9.17) is 0 Å². The summed E-state index contributed by atoms with van der Waals surface area (Å²) in [6, 6.07) is 12.7. The number of aryl methyl sites for hydroxylation is 2. The van der Waals surface area contributed by atoms with E-state index in [1.54, 1.807) is 22.8 Å². The zero-order chi connectivity index (χ0) is 25.3. The van der Waals surface area contributed by atoms with Crippen LogP contribution in [0.2, 0.25) is 0 Å². The number of nitrogens with zero attached hydrogens (tertiary/aromatic N) is 4. The van der Waals surface area contributed by atoms with Crippen LogP contribution in [0.3, 0.4) is 0 Å². The highest BCUT2D eigenvalue weighted by Crippen LogP contribution is 2.16. The van der Waals surface area contributed by atoms with Gasteiger partial charge in [0.05, 0.1) is 17.4 Å². The Hall–Kier alpha value is -3.68. The molecule has 1 N–H and O–H groups in total. The van der Waals surface area contributed by atoms with Crippen LogP contribution < -0.4 is 16.6 Å². The van der Waals surface area contributed by atoms with E-state index < -0.39 is 0 Å². The van der Waals surface area contributed by atoms with Crippen molar-refractivity contribution in [3.63, 3.8) is 0 Å². The average molecular weight is 476 g/mol. The zero-order valence-corrected chi connectivity index (χ0v) is 21.0. The van der Waals surface area contributed by atoms with Crippen molar-refractivity contribution in [2.24, 2.45) is 11.8 Å². The number of carbonyl (C=O) groups excluding carboxylic acids is 1. The summed E-state index contributed by atoms with van der Waals surface area (Å²) in [5.74, 6) is 0.742. The van der Waals surface area contributed by atoms with Gasteiger partial charge >= 0.3 is 5.69 Å². The second-order valence-corrected chi connectivity index (χ2v) is 9.98. The number of hydrogen-bond acceptors (Lipinski definition) is 4. The van der Waals surface area contributed by atoms with E-state index in [2.05, 4.69) is 24.3 Å². The summed E-state index contributed by atoms with van der Waals surface area (Å²) in [6.07, 6.45) is 0.773. The zero-order valence-electron chi connectivity index (χ0n) is 21.0. The van der Waals surface area contributed by atoms with Gasteiger partial charge in [0.2, 0.25) is 5.78 Å². The SMILES string of the molecule is Cc1ccccc1Cn1nc2n(CCC(C)C)c(=O)c3ccc(C(=O)NCC(C)C)cc3n2c1=O.